The molecule has 0 bridgehead atoms. The summed E-state index contributed by atoms with van der Waals surface area (Å²) in [6.07, 6.45) is 2.17. The predicted molar refractivity (Wildman–Crippen MR) is 97.9 cm³/mol. The number of likely N-dealkylation sites (tertiary alicyclic amines) is 1. The van der Waals surface area contributed by atoms with Crippen LogP contribution in [0.25, 0.3) is 0 Å². The molecule has 3 atom stereocenters. The first-order valence-corrected chi connectivity index (χ1v) is 8.90. The number of hydrogen-bond donors (Lipinski definition) is 1. The Morgan fingerprint density at radius 1 is 1.16 bits per heavy atom. The van der Waals surface area contributed by atoms with Crippen molar-refractivity contribution < 1.29 is 4.74 Å². The summed E-state index contributed by atoms with van der Waals surface area (Å²) in [5.41, 5.74) is 8.92. The smallest absolute Gasteiger partial charge is 0.140 e. The van der Waals surface area contributed by atoms with Crippen molar-refractivity contribution in [2.45, 2.75) is 25.0 Å². The molecule has 4 rings (SSSR count). The summed E-state index contributed by atoms with van der Waals surface area (Å²) in [7, 11) is 0. The van der Waals surface area contributed by atoms with E-state index in [9.17, 15) is 4.91 Å². The average Bonchev–Trinajstić information content (AvgIpc) is 3.27. The van der Waals surface area contributed by atoms with Crippen molar-refractivity contribution in [2.75, 3.05) is 19.6 Å². The minimum Gasteiger partial charge on any atom is -0.484 e. The third-order valence-corrected chi connectivity index (χ3v) is 5.46. The van der Waals surface area contributed by atoms with Gasteiger partial charge in [-0.2, -0.15) is 0 Å². The number of nitrogens with zero attached hydrogens (tertiary/aromatic N) is 2. The largest absolute Gasteiger partial charge is 0.484 e. The van der Waals surface area contributed by atoms with Crippen LogP contribution >= 0.6 is 0 Å². The van der Waals surface area contributed by atoms with Crippen LogP contribution in [0.4, 0.5) is 5.69 Å². The third-order valence-electron chi connectivity index (χ3n) is 5.46. The zero-order chi connectivity index (χ0) is 17.2. The maximum Gasteiger partial charge on any atom is 0.140 e. The Morgan fingerprint density at radius 2 is 1.96 bits per heavy atom. The highest BCUT2D eigenvalue weighted by atomic mass is 16.5. The summed E-state index contributed by atoms with van der Waals surface area (Å²) in [6.45, 7) is 2.87. The first-order chi connectivity index (χ1) is 12.3. The van der Waals surface area contributed by atoms with Crippen molar-refractivity contribution in [1.29, 1.82) is 0 Å². The van der Waals surface area contributed by atoms with Crippen LogP contribution in [-0.2, 0) is 6.42 Å². The molecule has 0 saturated carbocycles. The second kappa shape index (κ2) is 6.94. The van der Waals surface area contributed by atoms with Crippen molar-refractivity contribution in [1.82, 2.24) is 4.90 Å². The summed E-state index contributed by atoms with van der Waals surface area (Å²) in [5, 5.41) is 2.95. The van der Waals surface area contributed by atoms with E-state index in [4.69, 9.17) is 10.5 Å². The summed E-state index contributed by atoms with van der Waals surface area (Å²) < 4.78 is 6.38. The van der Waals surface area contributed by atoms with Crippen molar-refractivity contribution in [3.05, 3.63) is 64.6 Å². The first kappa shape index (κ1) is 16.2. The second-order valence-corrected chi connectivity index (χ2v) is 6.98. The lowest BCUT2D eigenvalue weighted by atomic mass is 10.1. The molecule has 1 fully saturated rings. The SMILES string of the molecule is NC[C@@H]1CCN([C@@H]2Cc3ccccc3[C@H]2Oc2ccc(N=O)cc2)C1. The van der Waals surface area contributed by atoms with Gasteiger partial charge >= 0.3 is 0 Å². The van der Waals surface area contributed by atoms with Gasteiger partial charge in [0.1, 0.15) is 17.5 Å². The molecule has 2 aromatic rings. The van der Waals surface area contributed by atoms with Crippen LogP contribution in [0.5, 0.6) is 5.75 Å². The van der Waals surface area contributed by atoms with Crippen LogP contribution in [0.1, 0.15) is 23.7 Å². The molecule has 0 aromatic heterocycles. The summed E-state index contributed by atoms with van der Waals surface area (Å²) in [6, 6.07) is 15.9. The zero-order valence-corrected chi connectivity index (χ0v) is 14.2. The molecule has 5 nitrogen and oxygen atoms in total. The standard InChI is InChI=1S/C20H23N3O2/c21-12-14-9-10-23(13-14)19-11-15-3-1-2-4-18(15)20(19)25-17-7-5-16(22-24)6-8-17/h1-8,14,19-20H,9-13,21H2/t14-,19+,20+/m0/s1. The highest BCUT2D eigenvalue weighted by molar-refractivity contribution is 5.42. The van der Waals surface area contributed by atoms with Gasteiger partial charge in [0.05, 0.1) is 6.04 Å². The minimum atomic E-state index is 0.00256. The molecule has 1 aliphatic heterocycles. The lowest BCUT2D eigenvalue weighted by Gasteiger charge is -2.30. The van der Waals surface area contributed by atoms with Gasteiger partial charge in [-0.3, -0.25) is 4.90 Å². The Bertz CT molecular complexity index is 747. The molecule has 1 heterocycles. The molecule has 0 radical (unpaired) electrons. The molecule has 5 heteroatoms. The van der Waals surface area contributed by atoms with E-state index >= 15 is 0 Å². The second-order valence-electron chi connectivity index (χ2n) is 6.98. The lowest BCUT2D eigenvalue weighted by Crippen LogP contribution is -2.39. The lowest BCUT2D eigenvalue weighted by molar-refractivity contribution is 0.0917. The monoisotopic (exact) mass is 337 g/mol. The van der Waals surface area contributed by atoms with Crippen molar-refractivity contribution in [3.63, 3.8) is 0 Å². The van der Waals surface area contributed by atoms with Crippen LogP contribution < -0.4 is 10.5 Å². The van der Waals surface area contributed by atoms with Crippen molar-refractivity contribution in [2.24, 2.45) is 16.8 Å². The van der Waals surface area contributed by atoms with Crippen LogP contribution in [0, 0.1) is 10.8 Å². The summed E-state index contributed by atoms with van der Waals surface area (Å²) >= 11 is 0. The van der Waals surface area contributed by atoms with E-state index in [-0.39, 0.29) is 6.10 Å². The van der Waals surface area contributed by atoms with Gasteiger partial charge in [-0.05, 0) is 72.4 Å². The fraction of sp³-hybridized carbons (Fsp3) is 0.400. The number of nitrogens with two attached hydrogens (primary N) is 1. The van der Waals surface area contributed by atoms with Gasteiger partial charge in [0.25, 0.3) is 0 Å². The van der Waals surface area contributed by atoms with E-state index < -0.39 is 0 Å². The maximum absolute atomic E-state index is 10.6. The molecular weight excluding hydrogens is 314 g/mol. The van der Waals surface area contributed by atoms with Gasteiger partial charge in [0.15, 0.2) is 0 Å². The number of hydrogen-bond acceptors (Lipinski definition) is 5. The molecule has 0 unspecified atom stereocenters. The van der Waals surface area contributed by atoms with Crippen molar-refractivity contribution in [3.8, 4) is 5.75 Å². The highest BCUT2D eigenvalue weighted by Crippen LogP contribution is 2.39. The number of ether oxygens (including phenoxy) is 1. The molecular formula is C20H23N3O2. The molecule has 25 heavy (non-hydrogen) atoms. The Labute approximate surface area is 147 Å². The van der Waals surface area contributed by atoms with E-state index in [1.165, 1.54) is 11.1 Å². The van der Waals surface area contributed by atoms with E-state index in [0.29, 0.717) is 17.6 Å². The molecule has 2 aliphatic rings. The zero-order valence-electron chi connectivity index (χ0n) is 14.2. The van der Waals surface area contributed by atoms with Crippen LogP contribution in [0.2, 0.25) is 0 Å². The molecule has 2 aromatic carbocycles. The first-order valence-electron chi connectivity index (χ1n) is 8.90. The van der Waals surface area contributed by atoms with Crippen LogP contribution in [-0.4, -0.2) is 30.6 Å². The van der Waals surface area contributed by atoms with Crippen LogP contribution in [0.3, 0.4) is 0 Å². The predicted octanol–water partition coefficient (Wildman–Crippen LogP) is 3.41. The van der Waals surface area contributed by atoms with Crippen molar-refractivity contribution >= 4 is 5.69 Å². The van der Waals surface area contributed by atoms with E-state index in [2.05, 4.69) is 34.3 Å². The number of rotatable bonds is 5. The topological polar surface area (TPSA) is 67.9 Å². The van der Waals surface area contributed by atoms with Gasteiger partial charge in [0.2, 0.25) is 0 Å². The third kappa shape index (κ3) is 3.17. The Morgan fingerprint density at radius 3 is 2.68 bits per heavy atom. The molecule has 1 saturated heterocycles. The average molecular weight is 337 g/mol. The fourth-order valence-corrected chi connectivity index (χ4v) is 4.09. The van der Waals surface area contributed by atoms with Gasteiger partial charge < -0.3 is 10.5 Å². The summed E-state index contributed by atoms with van der Waals surface area (Å²) in [4.78, 5) is 13.1. The van der Waals surface area contributed by atoms with Crippen LogP contribution in [0.15, 0.2) is 53.7 Å². The van der Waals surface area contributed by atoms with E-state index in [1.807, 2.05) is 12.1 Å². The quantitative estimate of drug-likeness (QED) is 0.849. The maximum atomic E-state index is 10.6. The van der Waals surface area contributed by atoms with E-state index in [0.717, 1.165) is 38.2 Å². The fourth-order valence-electron chi connectivity index (χ4n) is 4.09. The number of fused-ring (bicyclic) bond motifs is 1. The minimum absolute atomic E-state index is 0.00256. The molecule has 0 spiro atoms. The normalized spacial score (nSPS) is 25.7. The Balaban J connectivity index is 1.59. The van der Waals surface area contributed by atoms with Gasteiger partial charge in [-0.15, -0.1) is 4.91 Å². The Kier molecular flexibility index (Phi) is 4.51. The van der Waals surface area contributed by atoms with Gasteiger partial charge in [-0.1, -0.05) is 24.3 Å². The van der Waals surface area contributed by atoms with E-state index in [1.54, 1.807) is 12.1 Å². The number of benzene rings is 2. The molecule has 1 aliphatic carbocycles. The summed E-state index contributed by atoms with van der Waals surface area (Å²) in [5.74, 6) is 1.36. The molecule has 130 valence electrons. The number of nitroso groups, excluding NO2 is 1. The molecule has 0 amide bonds. The van der Waals surface area contributed by atoms with Gasteiger partial charge in [0, 0.05) is 6.54 Å². The highest BCUT2D eigenvalue weighted by Gasteiger charge is 2.40. The Hall–Kier alpha value is -2.24. The molecule has 2 N–H and O–H groups in total. The van der Waals surface area contributed by atoms with Gasteiger partial charge in [-0.25, -0.2) is 0 Å².